The molecule has 6 nitrogen and oxygen atoms in total. The van der Waals surface area contributed by atoms with Gasteiger partial charge in [0.1, 0.15) is 29.7 Å². The van der Waals surface area contributed by atoms with Crippen LogP contribution in [0.5, 0.6) is 17.2 Å². The number of carbonyl (C=O) groups is 1. The molecule has 0 saturated carbocycles. The molecule has 0 radical (unpaired) electrons. The summed E-state index contributed by atoms with van der Waals surface area (Å²) in [5, 5.41) is 0. The van der Waals surface area contributed by atoms with Gasteiger partial charge in [-0.05, 0) is 55.3 Å². The molecule has 2 aromatic rings. The summed E-state index contributed by atoms with van der Waals surface area (Å²) in [6.45, 7) is 5.72. The molecule has 0 bridgehead atoms. The molecular formula is C22H24FNO5. The maximum atomic E-state index is 13.7. The SMILES string of the molecule is C=C(F)c1ccc(C(N)=O)cc1Oc1ccc(OCCOC2CCOCC2)cc1. The summed E-state index contributed by atoms with van der Waals surface area (Å²) >= 11 is 0. The minimum Gasteiger partial charge on any atom is -0.491 e. The average Bonchev–Trinajstić information content (AvgIpc) is 2.73. The smallest absolute Gasteiger partial charge is 0.248 e. The molecule has 1 heterocycles. The molecule has 1 aliphatic heterocycles. The van der Waals surface area contributed by atoms with Crippen molar-refractivity contribution in [2.45, 2.75) is 18.9 Å². The Kier molecular flexibility index (Phi) is 7.21. The van der Waals surface area contributed by atoms with Crippen LogP contribution < -0.4 is 15.2 Å². The molecular weight excluding hydrogens is 377 g/mol. The summed E-state index contributed by atoms with van der Waals surface area (Å²) in [4.78, 5) is 11.4. The van der Waals surface area contributed by atoms with Crippen molar-refractivity contribution < 1.29 is 28.1 Å². The molecule has 2 N–H and O–H groups in total. The van der Waals surface area contributed by atoms with Gasteiger partial charge < -0.3 is 24.7 Å². The Hall–Kier alpha value is -2.90. The molecule has 1 fully saturated rings. The lowest BCUT2D eigenvalue weighted by Gasteiger charge is -2.22. The van der Waals surface area contributed by atoms with Crippen LogP contribution in [0.15, 0.2) is 49.0 Å². The van der Waals surface area contributed by atoms with Crippen LogP contribution in [0, 0.1) is 0 Å². The van der Waals surface area contributed by atoms with Gasteiger partial charge in [-0.1, -0.05) is 6.58 Å². The van der Waals surface area contributed by atoms with Crippen molar-refractivity contribution in [1.82, 2.24) is 0 Å². The van der Waals surface area contributed by atoms with E-state index in [0.717, 1.165) is 26.1 Å². The summed E-state index contributed by atoms with van der Waals surface area (Å²) in [5.74, 6) is -0.0145. The lowest BCUT2D eigenvalue weighted by molar-refractivity contribution is -0.0388. The predicted molar refractivity (Wildman–Crippen MR) is 107 cm³/mol. The quantitative estimate of drug-likeness (QED) is 0.640. The minimum atomic E-state index is -0.666. The Labute approximate surface area is 169 Å². The van der Waals surface area contributed by atoms with Gasteiger partial charge in [-0.15, -0.1) is 0 Å². The number of hydrogen-bond donors (Lipinski definition) is 1. The van der Waals surface area contributed by atoms with E-state index in [4.69, 9.17) is 24.7 Å². The fraction of sp³-hybridized carbons (Fsp3) is 0.318. The summed E-state index contributed by atoms with van der Waals surface area (Å²) in [6, 6.07) is 11.1. The fourth-order valence-electron chi connectivity index (χ4n) is 2.93. The average molecular weight is 401 g/mol. The second-order valence-electron chi connectivity index (χ2n) is 6.58. The Morgan fingerprint density at radius 2 is 1.79 bits per heavy atom. The molecule has 7 heteroatoms. The van der Waals surface area contributed by atoms with Gasteiger partial charge in [0.25, 0.3) is 0 Å². The molecule has 0 atom stereocenters. The van der Waals surface area contributed by atoms with E-state index < -0.39 is 11.7 Å². The maximum Gasteiger partial charge on any atom is 0.248 e. The van der Waals surface area contributed by atoms with Gasteiger partial charge in [0, 0.05) is 18.8 Å². The maximum absolute atomic E-state index is 13.7. The van der Waals surface area contributed by atoms with E-state index in [1.54, 1.807) is 24.3 Å². The lowest BCUT2D eigenvalue weighted by atomic mass is 10.1. The summed E-state index contributed by atoms with van der Waals surface area (Å²) in [6.07, 6.45) is 2.06. The predicted octanol–water partition coefficient (Wildman–Crippen LogP) is 4.09. The van der Waals surface area contributed by atoms with E-state index in [1.807, 2.05) is 0 Å². The van der Waals surface area contributed by atoms with Gasteiger partial charge in [-0.2, -0.15) is 0 Å². The Morgan fingerprint density at radius 3 is 2.45 bits per heavy atom. The van der Waals surface area contributed by atoms with Crippen molar-refractivity contribution in [3.63, 3.8) is 0 Å². The van der Waals surface area contributed by atoms with E-state index in [-0.39, 0.29) is 23.0 Å². The van der Waals surface area contributed by atoms with Crippen molar-refractivity contribution in [2.75, 3.05) is 26.4 Å². The number of primary amides is 1. The molecule has 0 aliphatic carbocycles. The first-order valence-corrected chi connectivity index (χ1v) is 9.41. The number of nitrogens with two attached hydrogens (primary N) is 1. The van der Waals surface area contributed by atoms with Crippen LogP contribution in [-0.2, 0) is 9.47 Å². The molecule has 1 amide bonds. The van der Waals surface area contributed by atoms with E-state index in [9.17, 15) is 9.18 Å². The molecule has 154 valence electrons. The third kappa shape index (κ3) is 6.04. The number of hydrogen-bond acceptors (Lipinski definition) is 5. The second-order valence-corrected chi connectivity index (χ2v) is 6.58. The van der Waals surface area contributed by atoms with E-state index in [2.05, 4.69) is 6.58 Å². The topological polar surface area (TPSA) is 80.0 Å². The fourth-order valence-corrected chi connectivity index (χ4v) is 2.93. The highest BCUT2D eigenvalue weighted by Gasteiger charge is 2.14. The van der Waals surface area contributed by atoms with Crippen LogP contribution in [-0.4, -0.2) is 38.4 Å². The van der Waals surface area contributed by atoms with Crippen molar-refractivity contribution >= 4 is 11.7 Å². The highest BCUT2D eigenvalue weighted by molar-refractivity contribution is 5.93. The number of halogens is 1. The van der Waals surface area contributed by atoms with Gasteiger partial charge in [-0.3, -0.25) is 4.79 Å². The van der Waals surface area contributed by atoms with Crippen molar-refractivity contribution in [1.29, 1.82) is 0 Å². The monoisotopic (exact) mass is 401 g/mol. The zero-order valence-corrected chi connectivity index (χ0v) is 16.1. The Balaban J connectivity index is 1.55. The van der Waals surface area contributed by atoms with E-state index in [1.165, 1.54) is 18.2 Å². The van der Waals surface area contributed by atoms with Crippen molar-refractivity contribution in [2.24, 2.45) is 5.73 Å². The largest absolute Gasteiger partial charge is 0.491 e. The highest BCUT2D eigenvalue weighted by atomic mass is 19.1. The third-order valence-corrected chi connectivity index (χ3v) is 4.48. The molecule has 3 rings (SSSR count). The van der Waals surface area contributed by atoms with Crippen molar-refractivity contribution in [3.05, 3.63) is 60.2 Å². The van der Waals surface area contributed by atoms with Crippen LogP contribution in [0.25, 0.3) is 5.83 Å². The summed E-state index contributed by atoms with van der Waals surface area (Å²) in [7, 11) is 0. The number of amides is 1. The summed E-state index contributed by atoms with van der Waals surface area (Å²) < 4.78 is 36.1. The molecule has 1 saturated heterocycles. The van der Waals surface area contributed by atoms with Crippen LogP contribution in [0.4, 0.5) is 4.39 Å². The van der Waals surface area contributed by atoms with Gasteiger partial charge in [-0.25, -0.2) is 4.39 Å². The first-order chi connectivity index (χ1) is 14.0. The van der Waals surface area contributed by atoms with Crippen LogP contribution in [0.2, 0.25) is 0 Å². The Morgan fingerprint density at radius 1 is 1.10 bits per heavy atom. The van der Waals surface area contributed by atoms with E-state index >= 15 is 0 Å². The summed E-state index contributed by atoms with van der Waals surface area (Å²) in [5.41, 5.74) is 5.65. The van der Waals surface area contributed by atoms with Crippen LogP contribution in [0.1, 0.15) is 28.8 Å². The molecule has 0 unspecified atom stereocenters. The highest BCUT2D eigenvalue weighted by Crippen LogP contribution is 2.32. The Bertz CT molecular complexity index is 847. The molecule has 2 aromatic carbocycles. The lowest BCUT2D eigenvalue weighted by Crippen LogP contribution is -2.25. The van der Waals surface area contributed by atoms with Gasteiger partial charge in [0.2, 0.25) is 5.91 Å². The minimum absolute atomic E-state index is 0.153. The van der Waals surface area contributed by atoms with Crippen molar-refractivity contribution in [3.8, 4) is 17.2 Å². The van der Waals surface area contributed by atoms with Gasteiger partial charge in [0.05, 0.1) is 18.3 Å². The standard InChI is InChI=1S/C22H24FNO5/c1-15(23)20-7-2-16(22(24)25)14-21(20)29-19-5-3-17(4-6-19)27-12-13-28-18-8-10-26-11-9-18/h2-7,14,18H,1,8-13H2,(H2,24,25). The molecule has 0 spiro atoms. The number of ether oxygens (including phenoxy) is 4. The van der Waals surface area contributed by atoms with Crippen LogP contribution >= 0.6 is 0 Å². The number of benzene rings is 2. The zero-order valence-electron chi connectivity index (χ0n) is 16.1. The number of rotatable bonds is 9. The van der Waals surface area contributed by atoms with Gasteiger partial charge in [0.15, 0.2) is 0 Å². The van der Waals surface area contributed by atoms with E-state index in [0.29, 0.717) is 24.7 Å². The first kappa shape index (κ1) is 20.8. The van der Waals surface area contributed by atoms with Crippen LogP contribution in [0.3, 0.4) is 0 Å². The first-order valence-electron chi connectivity index (χ1n) is 9.41. The molecule has 29 heavy (non-hydrogen) atoms. The van der Waals surface area contributed by atoms with Gasteiger partial charge >= 0.3 is 0 Å². The molecule has 0 aromatic heterocycles. The second kappa shape index (κ2) is 10.0. The normalized spacial score (nSPS) is 14.4. The zero-order chi connectivity index (χ0) is 20.6. The number of carbonyl (C=O) groups excluding carboxylic acids is 1. The third-order valence-electron chi connectivity index (χ3n) is 4.48. The molecule has 1 aliphatic rings.